The molecular weight excluding hydrogens is 354 g/mol. The number of aryl methyl sites for hydroxylation is 1. The smallest absolute Gasteiger partial charge is 0.326 e. The lowest BCUT2D eigenvalue weighted by Gasteiger charge is -2.14. The number of amides is 1. The number of ether oxygens (including phenoxy) is 2. The number of hydrogen-bond acceptors (Lipinski definition) is 4. The molecule has 1 amide bonds. The first-order valence-electron chi connectivity index (χ1n) is 6.81. The van der Waals surface area contributed by atoms with Crippen LogP contribution in [-0.2, 0) is 20.7 Å². The van der Waals surface area contributed by atoms with Gasteiger partial charge in [0.25, 0.3) is 0 Å². The number of hydrogen-bond donors (Lipinski definition) is 2. The Hall–Kier alpha value is -1.60. The molecule has 0 fully saturated rings. The number of methoxy groups -OCH3 is 2. The number of carboxylic acid groups (broad SMARTS) is 1. The van der Waals surface area contributed by atoms with Gasteiger partial charge in [-0.25, -0.2) is 4.79 Å². The van der Waals surface area contributed by atoms with E-state index in [0.29, 0.717) is 6.42 Å². The van der Waals surface area contributed by atoms with E-state index >= 15 is 0 Å². The molecule has 2 N–H and O–H groups in total. The topological polar surface area (TPSA) is 84.9 Å². The van der Waals surface area contributed by atoms with E-state index in [-0.39, 0.29) is 25.4 Å². The van der Waals surface area contributed by atoms with Crippen molar-refractivity contribution in [3.63, 3.8) is 0 Å². The minimum Gasteiger partial charge on any atom is -0.496 e. The van der Waals surface area contributed by atoms with Gasteiger partial charge >= 0.3 is 5.97 Å². The molecular formula is C15H20BrNO5. The maximum atomic E-state index is 11.9. The van der Waals surface area contributed by atoms with Crippen LogP contribution >= 0.6 is 15.9 Å². The highest BCUT2D eigenvalue weighted by molar-refractivity contribution is 9.10. The highest BCUT2D eigenvalue weighted by atomic mass is 79.9. The van der Waals surface area contributed by atoms with E-state index in [1.54, 1.807) is 7.11 Å². The fourth-order valence-corrected chi connectivity index (χ4v) is 2.47. The predicted octanol–water partition coefficient (Wildman–Crippen LogP) is 2.00. The summed E-state index contributed by atoms with van der Waals surface area (Å²) in [7, 11) is 3.07. The van der Waals surface area contributed by atoms with Crippen molar-refractivity contribution >= 4 is 27.8 Å². The summed E-state index contributed by atoms with van der Waals surface area (Å²) in [6.45, 7) is 0.280. The maximum Gasteiger partial charge on any atom is 0.326 e. The van der Waals surface area contributed by atoms with Crippen LogP contribution in [0.15, 0.2) is 22.7 Å². The number of nitrogens with one attached hydrogen (secondary N) is 1. The Kier molecular flexibility index (Phi) is 7.90. The van der Waals surface area contributed by atoms with Crippen LogP contribution in [0.5, 0.6) is 5.75 Å². The lowest BCUT2D eigenvalue weighted by molar-refractivity contribution is -0.142. The normalized spacial score (nSPS) is 11.8. The van der Waals surface area contributed by atoms with Gasteiger partial charge in [-0.15, -0.1) is 0 Å². The van der Waals surface area contributed by atoms with Crippen molar-refractivity contribution in [3.05, 3.63) is 28.2 Å². The SMILES string of the molecule is COCCC(NC(=O)CCc1ccc(OC)c(Br)c1)C(=O)O. The third-order valence-corrected chi connectivity index (χ3v) is 3.72. The molecule has 0 heterocycles. The molecule has 1 atom stereocenters. The van der Waals surface area contributed by atoms with Gasteiger partial charge in [0, 0.05) is 26.6 Å². The van der Waals surface area contributed by atoms with Crippen LogP contribution in [0.25, 0.3) is 0 Å². The molecule has 1 aromatic rings. The third-order valence-electron chi connectivity index (χ3n) is 3.10. The van der Waals surface area contributed by atoms with Crippen LogP contribution in [0.4, 0.5) is 0 Å². The highest BCUT2D eigenvalue weighted by Crippen LogP contribution is 2.25. The first kappa shape index (κ1) is 18.4. The van der Waals surface area contributed by atoms with Crippen LogP contribution in [0.1, 0.15) is 18.4 Å². The van der Waals surface area contributed by atoms with Crippen molar-refractivity contribution in [2.45, 2.75) is 25.3 Å². The quantitative estimate of drug-likeness (QED) is 0.691. The van der Waals surface area contributed by atoms with Crippen molar-refractivity contribution in [2.75, 3.05) is 20.8 Å². The Morgan fingerprint density at radius 3 is 2.64 bits per heavy atom. The number of benzene rings is 1. The Morgan fingerprint density at radius 2 is 2.09 bits per heavy atom. The van der Waals surface area contributed by atoms with Crippen LogP contribution in [0.2, 0.25) is 0 Å². The summed E-state index contributed by atoms with van der Waals surface area (Å²) in [4.78, 5) is 22.9. The number of halogens is 1. The second kappa shape index (κ2) is 9.42. The molecule has 0 saturated heterocycles. The second-order valence-corrected chi connectivity index (χ2v) is 5.56. The molecule has 122 valence electrons. The number of carbonyl (C=O) groups excluding carboxylic acids is 1. The molecule has 1 rings (SSSR count). The lowest BCUT2D eigenvalue weighted by Crippen LogP contribution is -2.41. The zero-order chi connectivity index (χ0) is 16.5. The molecule has 0 bridgehead atoms. The van der Waals surface area contributed by atoms with Crippen molar-refractivity contribution in [2.24, 2.45) is 0 Å². The number of aliphatic carboxylic acids is 1. The summed E-state index contributed by atoms with van der Waals surface area (Å²) in [5.74, 6) is -0.633. The van der Waals surface area contributed by atoms with E-state index in [2.05, 4.69) is 21.2 Å². The molecule has 22 heavy (non-hydrogen) atoms. The minimum absolute atomic E-state index is 0.218. The molecule has 1 unspecified atom stereocenters. The lowest BCUT2D eigenvalue weighted by atomic mass is 10.1. The summed E-state index contributed by atoms with van der Waals surface area (Å²) in [5, 5.41) is 11.5. The van der Waals surface area contributed by atoms with Crippen LogP contribution in [0, 0.1) is 0 Å². The Bertz CT molecular complexity index is 521. The summed E-state index contributed by atoms with van der Waals surface area (Å²) in [5.41, 5.74) is 0.964. The average Bonchev–Trinajstić information content (AvgIpc) is 2.49. The van der Waals surface area contributed by atoms with Crippen LogP contribution in [0.3, 0.4) is 0 Å². The number of rotatable bonds is 9. The molecule has 1 aromatic carbocycles. The Balaban J connectivity index is 2.51. The zero-order valence-electron chi connectivity index (χ0n) is 12.6. The first-order valence-corrected chi connectivity index (χ1v) is 7.60. The predicted molar refractivity (Wildman–Crippen MR) is 85.1 cm³/mol. The van der Waals surface area contributed by atoms with E-state index in [1.807, 2.05) is 18.2 Å². The van der Waals surface area contributed by atoms with E-state index in [1.165, 1.54) is 7.11 Å². The van der Waals surface area contributed by atoms with E-state index in [0.717, 1.165) is 15.8 Å². The molecule has 0 aliphatic carbocycles. The largest absolute Gasteiger partial charge is 0.496 e. The van der Waals surface area contributed by atoms with Gasteiger partial charge in [-0.05, 0) is 40.0 Å². The second-order valence-electron chi connectivity index (χ2n) is 4.71. The van der Waals surface area contributed by atoms with Gasteiger partial charge in [0.05, 0.1) is 11.6 Å². The summed E-state index contributed by atoms with van der Waals surface area (Å²) < 4.78 is 10.8. The molecule has 0 aliphatic heterocycles. The summed E-state index contributed by atoms with van der Waals surface area (Å²) in [6, 6.07) is 4.65. The maximum absolute atomic E-state index is 11.9. The van der Waals surface area contributed by atoms with Crippen LogP contribution < -0.4 is 10.1 Å². The van der Waals surface area contributed by atoms with Gasteiger partial charge in [0.1, 0.15) is 11.8 Å². The fraction of sp³-hybridized carbons (Fsp3) is 0.467. The first-order chi connectivity index (χ1) is 10.5. The zero-order valence-corrected chi connectivity index (χ0v) is 14.2. The van der Waals surface area contributed by atoms with Crippen LogP contribution in [-0.4, -0.2) is 43.9 Å². The average molecular weight is 374 g/mol. The molecule has 0 aromatic heterocycles. The van der Waals surface area contributed by atoms with E-state index in [4.69, 9.17) is 14.6 Å². The van der Waals surface area contributed by atoms with Gasteiger partial charge < -0.3 is 19.9 Å². The fourth-order valence-electron chi connectivity index (χ4n) is 1.88. The number of carboxylic acids is 1. The number of carbonyl (C=O) groups is 2. The van der Waals surface area contributed by atoms with Crippen molar-refractivity contribution in [1.29, 1.82) is 0 Å². The monoisotopic (exact) mass is 373 g/mol. The highest BCUT2D eigenvalue weighted by Gasteiger charge is 2.19. The molecule has 0 aliphatic rings. The standard InChI is InChI=1S/C15H20BrNO5/c1-21-8-7-12(15(19)20)17-14(18)6-4-10-3-5-13(22-2)11(16)9-10/h3,5,9,12H,4,6-8H2,1-2H3,(H,17,18)(H,19,20). The van der Waals surface area contributed by atoms with Gasteiger partial charge in [-0.1, -0.05) is 6.07 Å². The van der Waals surface area contributed by atoms with Crippen molar-refractivity contribution in [1.82, 2.24) is 5.32 Å². The van der Waals surface area contributed by atoms with Gasteiger partial charge in [-0.3, -0.25) is 4.79 Å². The molecule has 6 nitrogen and oxygen atoms in total. The van der Waals surface area contributed by atoms with Gasteiger partial charge in [0.2, 0.25) is 5.91 Å². The molecule has 7 heteroatoms. The van der Waals surface area contributed by atoms with Gasteiger partial charge in [-0.2, -0.15) is 0 Å². The molecule has 0 saturated carbocycles. The van der Waals surface area contributed by atoms with Crippen molar-refractivity contribution in [3.8, 4) is 5.75 Å². The third kappa shape index (κ3) is 6.03. The Labute approximate surface area is 137 Å². The summed E-state index contributed by atoms with van der Waals surface area (Å²) >= 11 is 3.38. The molecule has 0 radical (unpaired) electrons. The summed E-state index contributed by atoms with van der Waals surface area (Å²) in [6.07, 6.45) is 0.978. The minimum atomic E-state index is -1.06. The van der Waals surface area contributed by atoms with Crippen molar-refractivity contribution < 1.29 is 24.2 Å². The molecule has 0 spiro atoms. The Morgan fingerprint density at radius 1 is 1.36 bits per heavy atom. The van der Waals surface area contributed by atoms with Gasteiger partial charge in [0.15, 0.2) is 0 Å². The van der Waals surface area contributed by atoms with E-state index < -0.39 is 12.0 Å². The van der Waals surface area contributed by atoms with E-state index in [9.17, 15) is 9.59 Å².